The Balaban J connectivity index is 2.82. The lowest BCUT2D eigenvalue weighted by Crippen LogP contribution is -2.10. The van der Waals surface area contributed by atoms with E-state index in [1.54, 1.807) is 6.07 Å². The van der Waals surface area contributed by atoms with Crippen LogP contribution in [0.4, 0.5) is 14.5 Å². The first-order valence-electron chi connectivity index (χ1n) is 5.83. The summed E-state index contributed by atoms with van der Waals surface area (Å²) < 4.78 is 27.9. The van der Waals surface area contributed by atoms with Gasteiger partial charge in [-0.2, -0.15) is 0 Å². The number of nitrogens with one attached hydrogen (secondary N) is 1. The second-order valence-corrected chi connectivity index (χ2v) is 4.27. The lowest BCUT2D eigenvalue weighted by Gasteiger charge is -2.11. The van der Waals surface area contributed by atoms with Crippen LogP contribution in [0.2, 0.25) is 0 Å². The van der Waals surface area contributed by atoms with Gasteiger partial charge >= 0.3 is 0 Å². The molecule has 1 aromatic carbocycles. The Labute approximate surface area is 104 Å². The molecule has 3 N–H and O–H groups in total. The molecule has 2 rings (SSSR count). The number of hydrogen-bond donors (Lipinski definition) is 2. The second kappa shape index (κ2) is 4.86. The van der Waals surface area contributed by atoms with E-state index in [0.717, 1.165) is 12.5 Å². The molecule has 2 aromatic rings. The van der Waals surface area contributed by atoms with Crippen LogP contribution in [0.3, 0.4) is 0 Å². The highest BCUT2D eigenvalue weighted by Gasteiger charge is 2.15. The number of rotatable bonds is 3. The van der Waals surface area contributed by atoms with Crippen LogP contribution < -0.4 is 11.3 Å². The quantitative estimate of drug-likeness (QED) is 0.651. The molecule has 5 heteroatoms. The number of anilines is 1. The summed E-state index contributed by atoms with van der Waals surface area (Å²) in [4.78, 5) is 4.16. The maximum atomic E-state index is 14.0. The van der Waals surface area contributed by atoms with E-state index in [4.69, 9.17) is 5.84 Å². The predicted molar refractivity (Wildman–Crippen MR) is 68.2 cm³/mol. The van der Waals surface area contributed by atoms with Gasteiger partial charge < -0.3 is 5.43 Å². The highest BCUT2D eigenvalue weighted by molar-refractivity contribution is 5.92. The number of nitrogens with zero attached hydrogens (tertiary/aromatic N) is 1. The minimum absolute atomic E-state index is 0.0250. The van der Waals surface area contributed by atoms with Crippen molar-refractivity contribution in [2.45, 2.75) is 26.7 Å². The van der Waals surface area contributed by atoms with Crippen molar-refractivity contribution in [2.75, 3.05) is 5.43 Å². The maximum absolute atomic E-state index is 14.0. The molecule has 0 saturated heterocycles. The normalized spacial score (nSPS) is 10.9. The summed E-state index contributed by atoms with van der Waals surface area (Å²) in [6.07, 6.45) is 1.57. The van der Waals surface area contributed by atoms with Crippen LogP contribution in [0.5, 0.6) is 0 Å². The number of benzene rings is 1. The molecule has 0 amide bonds. The van der Waals surface area contributed by atoms with Gasteiger partial charge in [-0.1, -0.05) is 13.3 Å². The van der Waals surface area contributed by atoms with Gasteiger partial charge in [0.05, 0.1) is 11.1 Å². The zero-order valence-corrected chi connectivity index (χ0v) is 10.3. The molecule has 0 saturated carbocycles. The van der Waals surface area contributed by atoms with Gasteiger partial charge in [0.2, 0.25) is 0 Å². The summed E-state index contributed by atoms with van der Waals surface area (Å²) in [5.74, 6) is 4.36. The van der Waals surface area contributed by atoms with Crippen LogP contribution in [0.15, 0.2) is 12.1 Å². The lowest BCUT2D eigenvalue weighted by atomic mass is 10.1. The number of hydrazine groups is 1. The van der Waals surface area contributed by atoms with Gasteiger partial charge in [-0.3, -0.25) is 5.84 Å². The highest BCUT2D eigenvalue weighted by atomic mass is 19.1. The van der Waals surface area contributed by atoms with Crippen LogP contribution in [0, 0.1) is 18.6 Å². The smallest absolute Gasteiger partial charge is 0.149 e. The van der Waals surface area contributed by atoms with Gasteiger partial charge in [-0.25, -0.2) is 13.8 Å². The highest BCUT2D eigenvalue weighted by Crippen LogP contribution is 2.29. The van der Waals surface area contributed by atoms with Crippen molar-refractivity contribution in [1.29, 1.82) is 0 Å². The van der Waals surface area contributed by atoms with Crippen LogP contribution >= 0.6 is 0 Å². The first kappa shape index (κ1) is 12.7. The molecule has 1 heterocycles. The molecule has 0 atom stereocenters. The van der Waals surface area contributed by atoms with E-state index < -0.39 is 11.6 Å². The van der Waals surface area contributed by atoms with E-state index in [9.17, 15) is 8.78 Å². The summed E-state index contributed by atoms with van der Waals surface area (Å²) in [6, 6.07) is 2.81. The van der Waals surface area contributed by atoms with Gasteiger partial charge in [0, 0.05) is 5.69 Å². The standard InChI is InChI=1S/C13H15F2N3/c1-3-4-8-6-10(18-16)11-12(15)7(2)5-9(14)13(11)17-8/h5-6H,3-4,16H2,1-2H3,(H,17,18). The number of nitrogens with two attached hydrogens (primary N) is 1. The third kappa shape index (κ3) is 2.01. The van der Waals surface area contributed by atoms with Crippen LogP contribution in [0.1, 0.15) is 24.6 Å². The third-order valence-electron chi connectivity index (χ3n) is 2.87. The number of hydrogen-bond acceptors (Lipinski definition) is 3. The Kier molecular flexibility index (Phi) is 3.43. The van der Waals surface area contributed by atoms with Gasteiger partial charge in [0.25, 0.3) is 0 Å². The van der Waals surface area contributed by atoms with Crippen LogP contribution in [0.25, 0.3) is 10.9 Å². The van der Waals surface area contributed by atoms with E-state index in [1.165, 1.54) is 6.92 Å². The molecule has 0 radical (unpaired) electrons. The summed E-state index contributed by atoms with van der Waals surface area (Å²) in [7, 11) is 0. The molecule has 18 heavy (non-hydrogen) atoms. The zero-order valence-electron chi connectivity index (χ0n) is 10.3. The summed E-state index contributed by atoms with van der Waals surface area (Å²) in [5.41, 5.74) is 3.74. The molecule has 3 nitrogen and oxygen atoms in total. The summed E-state index contributed by atoms with van der Waals surface area (Å²) in [6.45, 7) is 3.51. The van der Waals surface area contributed by atoms with Crippen molar-refractivity contribution in [2.24, 2.45) is 5.84 Å². The van der Waals surface area contributed by atoms with E-state index in [2.05, 4.69) is 10.4 Å². The Bertz CT molecular complexity index is 597. The minimum Gasteiger partial charge on any atom is -0.323 e. The average Bonchev–Trinajstić information content (AvgIpc) is 2.35. The van der Waals surface area contributed by atoms with Crippen LogP contribution in [-0.2, 0) is 6.42 Å². The van der Waals surface area contributed by atoms with E-state index in [0.29, 0.717) is 17.8 Å². The SMILES string of the molecule is CCCc1cc(NN)c2c(F)c(C)cc(F)c2n1. The summed E-state index contributed by atoms with van der Waals surface area (Å²) >= 11 is 0. The van der Waals surface area contributed by atoms with Gasteiger partial charge in [0.1, 0.15) is 17.2 Å². The fourth-order valence-corrected chi connectivity index (χ4v) is 2.01. The Morgan fingerprint density at radius 2 is 2.06 bits per heavy atom. The number of fused-ring (bicyclic) bond motifs is 1. The molecule has 1 aromatic heterocycles. The van der Waals surface area contributed by atoms with Crippen molar-refractivity contribution in [3.8, 4) is 0 Å². The summed E-state index contributed by atoms with van der Waals surface area (Å²) in [5, 5.41) is 0.106. The fourth-order valence-electron chi connectivity index (χ4n) is 2.01. The van der Waals surface area contributed by atoms with E-state index >= 15 is 0 Å². The molecule has 0 bridgehead atoms. The predicted octanol–water partition coefficient (Wildman–Crippen LogP) is 3.06. The second-order valence-electron chi connectivity index (χ2n) is 4.27. The van der Waals surface area contributed by atoms with Gasteiger partial charge in [-0.05, 0) is 31.0 Å². The molecule has 0 unspecified atom stereocenters. The van der Waals surface area contributed by atoms with Crippen molar-refractivity contribution < 1.29 is 8.78 Å². The number of pyridine rings is 1. The van der Waals surface area contributed by atoms with Gasteiger partial charge in [-0.15, -0.1) is 0 Å². The zero-order chi connectivity index (χ0) is 13.3. The molecule has 0 aliphatic carbocycles. The minimum atomic E-state index is -0.529. The largest absolute Gasteiger partial charge is 0.323 e. The molecule has 0 fully saturated rings. The monoisotopic (exact) mass is 251 g/mol. The van der Waals surface area contributed by atoms with Crippen LogP contribution in [-0.4, -0.2) is 4.98 Å². The van der Waals surface area contributed by atoms with Crippen molar-refractivity contribution >= 4 is 16.6 Å². The first-order chi connectivity index (χ1) is 8.58. The maximum Gasteiger partial charge on any atom is 0.149 e. The molecule has 96 valence electrons. The van der Waals surface area contributed by atoms with Crippen molar-refractivity contribution in [3.05, 3.63) is 35.0 Å². The number of nitrogen functional groups attached to an aromatic ring is 1. The number of aromatic nitrogens is 1. The average molecular weight is 251 g/mol. The molecule has 0 aliphatic rings. The number of halogens is 2. The Morgan fingerprint density at radius 3 is 2.67 bits per heavy atom. The Hall–Kier alpha value is -1.75. The van der Waals surface area contributed by atoms with E-state index in [1.807, 2.05) is 6.92 Å². The lowest BCUT2D eigenvalue weighted by molar-refractivity contribution is 0.607. The van der Waals surface area contributed by atoms with E-state index in [-0.39, 0.29) is 16.5 Å². The topological polar surface area (TPSA) is 50.9 Å². The van der Waals surface area contributed by atoms with Crippen molar-refractivity contribution in [1.82, 2.24) is 4.98 Å². The third-order valence-corrected chi connectivity index (χ3v) is 2.87. The first-order valence-corrected chi connectivity index (χ1v) is 5.83. The Morgan fingerprint density at radius 1 is 1.33 bits per heavy atom. The molecular weight excluding hydrogens is 236 g/mol. The molecule has 0 spiro atoms. The number of aryl methyl sites for hydroxylation is 2. The van der Waals surface area contributed by atoms with Gasteiger partial charge in [0.15, 0.2) is 0 Å². The molecular formula is C13H15F2N3. The van der Waals surface area contributed by atoms with Crippen molar-refractivity contribution in [3.63, 3.8) is 0 Å². The molecule has 0 aliphatic heterocycles. The fraction of sp³-hybridized carbons (Fsp3) is 0.308.